The first-order valence-electron chi connectivity index (χ1n) is 9.69. The topological polar surface area (TPSA) is 97.4 Å². The lowest BCUT2D eigenvalue weighted by Crippen LogP contribution is -2.49. The molecule has 0 spiro atoms. The van der Waals surface area contributed by atoms with E-state index in [9.17, 15) is 14.9 Å². The van der Waals surface area contributed by atoms with Gasteiger partial charge < -0.3 is 14.4 Å². The molecule has 1 amide bonds. The Morgan fingerprint density at radius 3 is 2.47 bits per heavy atom. The van der Waals surface area contributed by atoms with E-state index in [1.54, 1.807) is 18.5 Å². The van der Waals surface area contributed by atoms with Gasteiger partial charge in [-0.25, -0.2) is 4.98 Å². The normalized spacial score (nSPS) is 14.1. The van der Waals surface area contributed by atoms with Crippen LogP contribution >= 0.6 is 0 Å². The molecule has 9 heteroatoms. The van der Waals surface area contributed by atoms with Crippen LogP contribution in [-0.4, -0.2) is 56.4 Å². The third-order valence-corrected chi connectivity index (χ3v) is 5.40. The average Bonchev–Trinajstić information content (AvgIpc) is 3.08. The molecule has 3 aromatic heterocycles. The second-order valence-electron chi connectivity index (χ2n) is 7.24. The van der Waals surface area contributed by atoms with Crippen LogP contribution in [0.5, 0.6) is 0 Å². The monoisotopic (exact) mass is 406 g/mol. The Bertz CT molecular complexity index is 1070. The zero-order chi connectivity index (χ0) is 21.3. The number of hydrogen-bond acceptors (Lipinski definition) is 6. The number of pyridine rings is 2. The number of hydrogen-bond donors (Lipinski definition) is 0. The van der Waals surface area contributed by atoms with Crippen LogP contribution in [0.4, 0.5) is 11.5 Å². The van der Waals surface area contributed by atoms with Crippen molar-refractivity contribution in [3.05, 3.63) is 76.0 Å². The smallest absolute Gasteiger partial charge is 0.287 e. The highest BCUT2D eigenvalue weighted by Gasteiger charge is 2.26. The summed E-state index contributed by atoms with van der Waals surface area (Å²) in [7, 11) is 0. The molecule has 30 heavy (non-hydrogen) atoms. The van der Waals surface area contributed by atoms with E-state index in [1.165, 1.54) is 12.3 Å². The third kappa shape index (κ3) is 3.61. The van der Waals surface area contributed by atoms with Crippen molar-refractivity contribution in [1.29, 1.82) is 0 Å². The van der Waals surface area contributed by atoms with Gasteiger partial charge in [-0.1, -0.05) is 0 Å². The number of nitrogens with zero attached hydrogens (tertiary/aromatic N) is 6. The molecular weight excluding hydrogens is 384 g/mol. The number of carbonyl (C=O) groups excluding carboxylic acids is 1. The fourth-order valence-corrected chi connectivity index (χ4v) is 3.84. The highest BCUT2D eigenvalue weighted by atomic mass is 16.6. The fraction of sp³-hybridized carbons (Fsp3) is 0.286. The lowest BCUT2D eigenvalue weighted by Gasteiger charge is -2.35. The molecule has 0 aliphatic carbocycles. The van der Waals surface area contributed by atoms with Gasteiger partial charge in [-0.15, -0.1) is 0 Å². The van der Waals surface area contributed by atoms with Gasteiger partial charge in [0, 0.05) is 49.8 Å². The molecule has 4 rings (SSSR count). The van der Waals surface area contributed by atoms with Crippen LogP contribution in [0, 0.1) is 24.0 Å². The zero-order valence-electron chi connectivity index (χ0n) is 16.9. The molecule has 0 saturated carbocycles. The first-order valence-corrected chi connectivity index (χ1v) is 9.69. The van der Waals surface area contributed by atoms with Gasteiger partial charge in [0.05, 0.1) is 22.4 Å². The Morgan fingerprint density at radius 1 is 1.10 bits per heavy atom. The first-order chi connectivity index (χ1) is 14.5. The highest BCUT2D eigenvalue weighted by Crippen LogP contribution is 2.23. The number of nitro groups is 1. The Balaban J connectivity index is 1.47. The van der Waals surface area contributed by atoms with Gasteiger partial charge >= 0.3 is 0 Å². The minimum Gasteiger partial charge on any atom is -0.353 e. The number of aryl methyl sites for hydroxylation is 1. The number of rotatable bonds is 4. The lowest BCUT2D eigenvalue weighted by molar-refractivity contribution is -0.385. The minimum atomic E-state index is -0.463. The summed E-state index contributed by atoms with van der Waals surface area (Å²) in [4.78, 5) is 35.7. The second kappa shape index (κ2) is 7.94. The van der Waals surface area contributed by atoms with Gasteiger partial charge in [0.25, 0.3) is 11.6 Å². The Kier molecular flexibility index (Phi) is 5.18. The number of anilines is 1. The van der Waals surface area contributed by atoms with Crippen LogP contribution in [0.2, 0.25) is 0 Å². The maximum absolute atomic E-state index is 13.2. The molecule has 0 atom stereocenters. The van der Waals surface area contributed by atoms with E-state index in [4.69, 9.17) is 0 Å². The minimum absolute atomic E-state index is 0.00884. The molecule has 9 nitrogen and oxygen atoms in total. The van der Waals surface area contributed by atoms with Crippen molar-refractivity contribution in [3.8, 4) is 5.69 Å². The van der Waals surface area contributed by atoms with Crippen molar-refractivity contribution < 1.29 is 9.72 Å². The van der Waals surface area contributed by atoms with Gasteiger partial charge in [0.2, 0.25) is 0 Å². The largest absolute Gasteiger partial charge is 0.353 e. The lowest BCUT2D eigenvalue weighted by atomic mass is 10.2. The summed E-state index contributed by atoms with van der Waals surface area (Å²) in [6, 6.07) is 8.87. The number of aromatic nitrogens is 3. The molecule has 1 aliphatic heterocycles. The van der Waals surface area contributed by atoms with E-state index in [0.717, 1.165) is 17.1 Å². The van der Waals surface area contributed by atoms with E-state index in [1.807, 2.05) is 46.4 Å². The first kappa shape index (κ1) is 19.6. The highest BCUT2D eigenvalue weighted by molar-refractivity contribution is 5.96. The Hall–Kier alpha value is -3.75. The van der Waals surface area contributed by atoms with Crippen molar-refractivity contribution in [2.24, 2.45) is 0 Å². The molecule has 0 N–H and O–H groups in total. The van der Waals surface area contributed by atoms with Crippen molar-refractivity contribution in [2.45, 2.75) is 13.8 Å². The Morgan fingerprint density at radius 2 is 1.87 bits per heavy atom. The molecule has 0 aromatic carbocycles. The van der Waals surface area contributed by atoms with E-state index >= 15 is 0 Å². The van der Waals surface area contributed by atoms with Crippen LogP contribution in [-0.2, 0) is 0 Å². The van der Waals surface area contributed by atoms with Crippen molar-refractivity contribution in [3.63, 3.8) is 0 Å². The molecule has 0 unspecified atom stereocenters. The van der Waals surface area contributed by atoms with Crippen LogP contribution < -0.4 is 4.90 Å². The summed E-state index contributed by atoms with van der Waals surface area (Å²) in [6.07, 6.45) is 4.77. The maximum atomic E-state index is 13.2. The maximum Gasteiger partial charge on any atom is 0.287 e. The molecule has 1 fully saturated rings. The van der Waals surface area contributed by atoms with Gasteiger partial charge in [-0.3, -0.25) is 19.9 Å². The van der Waals surface area contributed by atoms with E-state index in [-0.39, 0.29) is 11.6 Å². The zero-order valence-corrected chi connectivity index (χ0v) is 16.9. The second-order valence-corrected chi connectivity index (χ2v) is 7.24. The van der Waals surface area contributed by atoms with Crippen LogP contribution in [0.15, 0.2) is 48.9 Å². The molecule has 154 valence electrons. The summed E-state index contributed by atoms with van der Waals surface area (Å²) < 4.78 is 2.04. The van der Waals surface area contributed by atoms with Crippen molar-refractivity contribution in [1.82, 2.24) is 19.4 Å². The molecular formula is C21H22N6O3. The summed E-state index contributed by atoms with van der Waals surface area (Å²) in [5.41, 5.74) is 3.47. The fourth-order valence-electron chi connectivity index (χ4n) is 3.84. The molecule has 4 heterocycles. The molecule has 1 saturated heterocycles. The van der Waals surface area contributed by atoms with Crippen LogP contribution in [0.1, 0.15) is 21.7 Å². The molecule has 3 aromatic rings. The molecule has 0 bridgehead atoms. The SMILES string of the molecule is Cc1cc(C(=O)N2CCN(c3ccc([N+](=O)[O-])cn3)CC2)c(C)n1-c1cccnc1. The van der Waals surface area contributed by atoms with Gasteiger partial charge in [0.15, 0.2) is 0 Å². The van der Waals surface area contributed by atoms with Gasteiger partial charge in [-0.05, 0) is 38.1 Å². The van der Waals surface area contributed by atoms with Crippen LogP contribution in [0.3, 0.4) is 0 Å². The average molecular weight is 406 g/mol. The quantitative estimate of drug-likeness (QED) is 0.488. The van der Waals surface area contributed by atoms with Crippen molar-refractivity contribution >= 4 is 17.4 Å². The van der Waals surface area contributed by atoms with Gasteiger partial charge in [0.1, 0.15) is 12.0 Å². The number of carbonyl (C=O) groups is 1. The molecule has 0 radical (unpaired) electrons. The number of piperazine rings is 1. The number of amides is 1. The van der Waals surface area contributed by atoms with E-state index in [2.05, 4.69) is 9.97 Å². The molecule has 1 aliphatic rings. The standard InChI is InChI=1S/C21H22N6O3/c1-15-12-19(16(2)26(15)17-4-3-7-22-13-17)21(28)25-10-8-24(9-11-25)20-6-5-18(14-23-20)27(29)30/h3-7,12-14H,8-11H2,1-2H3. The van der Waals surface area contributed by atoms with Crippen molar-refractivity contribution in [2.75, 3.05) is 31.1 Å². The van der Waals surface area contributed by atoms with E-state index in [0.29, 0.717) is 37.6 Å². The predicted octanol–water partition coefficient (Wildman–Crippen LogP) is 2.75. The predicted molar refractivity (Wildman–Crippen MR) is 112 cm³/mol. The van der Waals surface area contributed by atoms with E-state index < -0.39 is 4.92 Å². The third-order valence-electron chi connectivity index (χ3n) is 5.40. The summed E-state index contributed by atoms with van der Waals surface area (Å²) in [6.45, 7) is 6.30. The van der Waals surface area contributed by atoms with Gasteiger partial charge in [-0.2, -0.15) is 0 Å². The Labute approximate surface area is 173 Å². The van der Waals surface area contributed by atoms with Crippen LogP contribution in [0.25, 0.3) is 5.69 Å². The summed E-state index contributed by atoms with van der Waals surface area (Å²) >= 11 is 0. The summed E-state index contributed by atoms with van der Waals surface area (Å²) in [5.74, 6) is 0.692. The summed E-state index contributed by atoms with van der Waals surface area (Å²) in [5, 5.41) is 10.8.